The van der Waals surface area contributed by atoms with Crippen LogP contribution in [0, 0.1) is 5.92 Å². The van der Waals surface area contributed by atoms with Gasteiger partial charge in [-0.2, -0.15) is 0 Å². The van der Waals surface area contributed by atoms with Crippen LogP contribution in [0.5, 0.6) is 0 Å². The number of nitrogens with one attached hydrogen (secondary N) is 1. The van der Waals surface area contributed by atoms with Crippen LogP contribution in [0.2, 0.25) is 0 Å². The Kier molecular flexibility index (Phi) is 4.62. The van der Waals surface area contributed by atoms with Gasteiger partial charge in [-0.15, -0.1) is 0 Å². The Bertz CT molecular complexity index is 260. The molecule has 14 heavy (non-hydrogen) atoms. The normalized spacial score (nSPS) is 13.1. The minimum absolute atomic E-state index is 0.468. The molecule has 0 aromatic carbocycles. The first-order chi connectivity index (χ1) is 6.76. The van der Waals surface area contributed by atoms with Gasteiger partial charge in [0.05, 0.1) is 12.7 Å². The molecule has 4 nitrogen and oxygen atoms in total. The molecular weight excluding hydrogens is 180 g/mol. The van der Waals surface area contributed by atoms with E-state index in [0.717, 1.165) is 24.7 Å². The monoisotopic (exact) mass is 198 g/mol. The second-order valence-electron chi connectivity index (χ2n) is 3.52. The van der Waals surface area contributed by atoms with Crippen LogP contribution in [0.15, 0.2) is 10.6 Å². The third-order valence-corrected chi connectivity index (χ3v) is 1.93. The Hall–Kier alpha value is -0.870. The van der Waals surface area contributed by atoms with Crippen LogP contribution in [0.4, 0.5) is 0 Å². The van der Waals surface area contributed by atoms with E-state index in [2.05, 4.69) is 17.2 Å². The van der Waals surface area contributed by atoms with Gasteiger partial charge >= 0.3 is 0 Å². The number of aromatic nitrogens is 1. The molecule has 1 N–H and O–H groups in total. The van der Waals surface area contributed by atoms with Crippen LogP contribution in [0.3, 0.4) is 0 Å². The molecule has 0 radical (unpaired) electrons. The van der Waals surface area contributed by atoms with E-state index < -0.39 is 0 Å². The number of hydrogen-bond acceptors (Lipinski definition) is 4. The van der Waals surface area contributed by atoms with Crippen molar-refractivity contribution in [3.05, 3.63) is 17.8 Å². The zero-order valence-electron chi connectivity index (χ0n) is 9.04. The van der Waals surface area contributed by atoms with Gasteiger partial charge in [0.25, 0.3) is 0 Å². The fraction of sp³-hybridized carbons (Fsp3) is 0.700. The van der Waals surface area contributed by atoms with Crippen molar-refractivity contribution >= 4 is 0 Å². The summed E-state index contributed by atoms with van der Waals surface area (Å²) in [5, 5.41) is 2.99. The summed E-state index contributed by atoms with van der Waals surface area (Å²) >= 11 is 0. The highest BCUT2D eigenvalue weighted by Crippen LogP contribution is 2.10. The number of rotatable bonds is 6. The second-order valence-corrected chi connectivity index (χ2v) is 3.52. The Morgan fingerprint density at radius 1 is 1.64 bits per heavy atom. The fourth-order valence-corrected chi connectivity index (χ4v) is 1.36. The summed E-state index contributed by atoms with van der Waals surface area (Å²) in [4.78, 5) is 4.15. The molecule has 1 aromatic rings. The summed E-state index contributed by atoms with van der Waals surface area (Å²) in [6.45, 7) is 3.56. The molecule has 0 saturated heterocycles. The average Bonchev–Trinajstić information content (AvgIpc) is 2.53. The Balaban J connectivity index is 2.42. The van der Waals surface area contributed by atoms with Crippen molar-refractivity contribution in [2.45, 2.75) is 19.9 Å². The highest BCUT2D eigenvalue weighted by molar-refractivity contribution is 4.95. The average molecular weight is 198 g/mol. The van der Waals surface area contributed by atoms with E-state index in [-0.39, 0.29) is 0 Å². The first-order valence-electron chi connectivity index (χ1n) is 4.83. The number of methoxy groups -OCH3 is 1. The standard InChI is InChI=1S/C10H18N2O2/c1-8(7-13-3)4-9-5-12-10(14-9)6-11-2/h5,8,11H,4,6-7H2,1-3H3. The zero-order chi connectivity index (χ0) is 10.4. The van der Waals surface area contributed by atoms with Crippen molar-refractivity contribution in [1.82, 2.24) is 10.3 Å². The summed E-state index contributed by atoms with van der Waals surface area (Å²) in [7, 11) is 3.58. The van der Waals surface area contributed by atoms with E-state index in [0.29, 0.717) is 12.5 Å². The topological polar surface area (TPSA) is 47.3 Å². The Labute approximate surface area is 84.7 Å². The molecule has 1 rings (SSSR count). The molecular formula is C10H18N2O2. The highest BCUT2D eigenvalue weighted by atomic mass is 16.5. The Morgan fingerprint density at radius 2 is 2.43 bits per heavy atom. The smallest absolute Gasteiger partial charge is 0.208 e. The van der Waals surface area contributed by atoms with Gasteiger partial charge in [-0.25, -0.2) is 4.98 Å². The zero-order valence-corrected chi connectivity index (χ0v) is 9.04. The summed E-state index contributed by atoms with van der Waals surface area (Å²) in [6.07, 6.45) is 2.67. The van der Waals surface area contributed by atoms with Gasteiger partial charge < -0.3 is 14.5 Å². The van der Waals surface area contributed by atoms with E-state index in [4.69, 9.17) is 9.15 Å². The summed E-state index contributed by atoms with van der Waals surface area (Å²) in [6, 6.07) is 0. The second kappa shape index (κ2) is 5.78. The molecule has 4 heteroatoms. The van der Waals surface area contributed by atoms with Crippen molar-refractivity contribution in [1.29, 1.82) is 0 Å². The van der Waals surface area contributed by atoms with Crippen molar-refractivity contribution in [3.63, 3.8) is 0 Å². The molecule has 0 amide bonds. The maximum absolute atomic E-state index is 5.51. The van der Waals surface area contributed by atoms with Gasteiger partial charge in [0, 0.05) is 20.1 Å². The quantitative estimate of drug-likeness (QED) is 0.746. The fourth-order valence-electron chi connectivity index (χ4n) is 1.36. The van der Waals surface area contributed by atoms with Gasteiger partial charge in [-0.05, 0) is 13.0 Å². The number of oxazole rings is 1. The molecule has 0 saturated carbocycles. The minimum atomic E-state index is 0.468. The van der Waals surface area contributed by atoms with Gasteiger partial charge in [-0.3, -0.25) is 0 Å². The lowest BCUT2D eigenvalue weighted by molar-refractivity contribution is 0.156. The maximum atomic E-state index is 5.51. The van der Waals surface area contributed by atoms with Crippen LogP contribution in [-0.2, 0) is 17.7 Å². The molecule has 0 aliphatic carbocycles. The first kappa shape index (κ1) is 11.2. The molecule has 0 spiro atoms. The summed E-state index contributed by atoms with van der Waals surface area (Å²) in [5.74, 6) is 2.14. The van der Waals surface area contributed by atoms with Crippen LogP contribution >= 0.6 is 0 Å². The van der Waals surface area contributed by atoms with Gasteiger partial charge in [0.15, 0.2) is 0 Å². The molecule has 1 aromatic heterocycles. The first-order valence-corrected chi connectivity index (χ1v) is 4.83. The van der Waals surface area contributed by atoms with Gasteiger partial charge in [0.2, 0.25) is 5.89 Å². The molecule has 0 bridgehead atoms. The number of hydrogen-bond donors (Lipinski definition) is 1. The van der Waals surface area contributed by atoms with Crippen LogP contribution in [0.25, 0.3) is 0 Å². The molecule has 1 unspecified atom stereocenters. The van der Waals surface area contributed by atoms with Crippen LogP contribution in [-0.4, -0.2) is 25.7 Å². The van der Waals surface area contributed by atoms with Gasteiger partial charge in [0.1, 0.15) is 5.76 Å². The lowest BCUT2D eigenvalue weighted by Gasteiger charge is -2.06. The summed E-state index contributed by atoms with van der Waals surface area (Å²) in [5.41, 5.74) is 0. The SMILES string of the molecule is CNCc1ncc(CC(C)COC)o1. The van der Waals surface area contributed by atoms with Crippen molar-refractivity contribution < 1.29 is 9.15 Å². The molecule has 1 heterocycles. The molecule has 80 valence electrons. The largest absolute Gasteiger partial charge is 0.444 e. The highest BCUT2D eigenvalue weighted by Gasteiger charge is 2.08. The molecule has 0 aliphatic heterocycles. The third kappa shape index (κ3) is 3.47. The lowest BCUT2D eigenvalue weighted by Crippen LogP contribution is -2.06. The van der Waals surface area contributed by atoms with Crippen molar-refractivity contribution in [2.75, 3.05) is 20.8 Å². The van der Waals surface area contributed by atoms with Crippen molar-refractivity contribution in [3.8, 4) is 0 Å². The van der Waals surface area contributed by atoms with Gasteiger partial charge in [-0.1, -0.05) is 6.92 Å². The molecule has 1 atom stereocenters. The predicted molar refractivity (Wildman–Crippen MR) is 54.0 cm³/mol. The Morgan fingerprint density at radius 3 is 3.07 bits per heavy atom. The summed E-state index contributed by atoms with van der Waals surface area (Å²) < 4.78 is 10.6. The van der Waals surface area contributed by atoms with Crippen LogP contribution in [0.1, 0.15) is 18.6 Å². The number of nitrogens with zero attached hydrogens (tertiary/aromatic N) is 1. The van der Waals surface area contributed by atoms with E-state index in [1.54, 1.807) is 13.3 Å². The molecule has 0 aliphatic rings. The predicted octanol–water partition coefficient (Wildman–Crippen LogP) is 1.22. The minimum Gasteiger partial charge on any atom is -0.444 e. The number of ether oxygens (including phenoxy) is 1. The maximum Gasteiger partial charge on any atom is 0.208 e. The van der Waals surface area contributed by atoms with E-state index in [9.17, 15) is 0 Å². The van der Waals surface area contributed by atoms with E-state index in [1.165, 1.54) is 0 Å². The van der Waals surface area contributed by atoms with E-state index in [1.807, 2.05) is 7.05 Å². The molecule has 0 fully saturated rings. The van der Waals surface area contributed by atoms with Crippen molar-refractivity contribution in [2.24, 2.45) is 5.92 Å². The third-order valence-electron chi connectivity index (χ3n) is 1.93. The van der Waals surface area contributed by atoms with Crippen LogP contribution < -0.4 is 5.32 Å². The van der Waals surface area contributed by atoms with E-state index >= 15 is 0 Å². The lowest BCUT2D eigenvalue weighted by atomic mass is 10.1.